The number of hydrogen-bond acceptors (Lipinski definition) is 4. The van der Waals surface area contributed by atoms with Gasteiger partial charge >= 0.3 is 6.03 Å². The number of carbonyl (C=O) groups excluding carboxylic acids is 2. The monoisotopic (exact) mass is 319 g/mol. The average Bonchev–Trinajstić information content (AvgIpc) is 3.13. The molecule has 0 spiro atoms. The lowest BCUT2D eigenvalue weighted by Gasteiger charge is -2.21. The molecule has 1 saturated heterocycles. The zero-order valence-electron chi connectivity index (χ0n) is 13.3. The molecule has 8 nitrogen and oxygen atoms in total. The Morgan fingerprint density at radius 3 is 2.91 bits per heavy atom. The van der Waals surface area contributed by atoms with Gasteiger partial charge in [-0.1, -0.05) is 19.9 Å². The highest BCUT2D eigenvalue weighted by Crippen LogP contribution is 2.26. The Morgan fingerprint density at radius 1 is 1.57 bits per heavy atom. The van der Waals surface area contributed by atoms with Crippen molar-refractivity contribution in [1.82, 2.24) is 19.7 Å². The van der Waals surface area contributed by atoms with E-state index in [9.17, 15) is 9.59 Å². The second kappa shape index (κ2) is 7.10. The lowest BCUT2D eigenvalue weighted by atomic mass is 10.2. The van der Waals surface area contributed by atoms with E-state index in [-0.39, 0.29) is 18.7 Å². The molecule has 1 atom stereocenters. The van der Waals surface area contributed by atoms with Gasteiger partial charge in [-0.3, -0.25) is 9.63 Å². The van der Waals surface area contributed by atoms with Gasteiger partial charge < -0.3 is 10.6 Å². The molecule has 0 aliphatic carbocycles. The van der Waals surface area contributed by atoms with Gasteiger partial charge in [0.25, 0.3) is 5.91 Å². The number of fused-ring (bicyclic) bond motifs is 2. The molecule has 1 aromatic rings. The van der Waals surface area contributed by atoms with Gasteiger partial charge in [0.15, 0.2) is 0 Å². The minimum absolute atomic E-state index is 0.178. The van der Waals surface area contributed by atoms with E-state index in [0.717, 1.165) is 5.70 Å². The molecule has 0 saturated carbocycles. The summed E-state index contributed by atoms with van der Waals surface area (Å²) in [6, 6.07) is -0.363. The predicted octanol–water partition coefficient (Wildman–Crippen LogP) is 1.09. The van der Waals surface area contributed by atoms with Crippen LogP contribution in [0.25, 0.3) is 5.70 Å². The van der Waals surface area contributed by atoms with Crippen molar-refractivity contribution >= 4 is 17.6 Å². The lowest BCUT2D eigenvalue weighted by Crippen LogP contribution is -2.33. The fourth-order valence-corrected chi connectivity index (χ4v) is 2.42. The molecule has 23 heavy (non-hydrogen) atoms. The standard InChI is InChI=1S/C13H15N5O3.C2H6/c1-2-3-21-18-11-4-10(7-16(8-11)13(18)20)17-6-9(5-15-17)12(14)19;1-2/h2,4-6,11H,1,3,7-8H2,(H2,14,19);1-2H3. The number of hydroxylamine groups is 2. The van der Waals surface area contributed by atoms with Crippen LogP contribution < -0.4 is 5.73 Å². The normalized spacial score (nSPS) is 19.1. The van der Waals surface area contributed by atoms with E-state index in [1.165, 1.54) is 11.3 Å². The van der Waals surface area contributed by atoms with Gasteiger partial charge in [-0.2, -0.15) is 10.2 Å². The molecule has 3 heterocycles. The molecule has 0 aromatic carbocycles. The molecule has 124 valence electrons. The molecule has 0 radical (unpaired) electrons. The summed E-state index contributed by atoms with van der Waals surface area (Å²) in [6.07, 6.45) is 6.45. The molecular formula is C15H21N5O3. The summed E-state index contributed by atoms with van der Waals surface area (Å²) in [4.78, 5) is 30.3. The molecule has 2 bridgehead atoms. The third-order valence-electron chi connectivity index (χ3n) is 3.40. The Labute approximate surface area is 134 Å². The molecule has 1 aromatic heterocycles. The number of urea groups is 1. The SMILES string of the molecule is C=CCON1C(=O)N2CC(n3cc(C(N)=O)cn3)=CC1C2.CC. The largest absolute Gasteiger partial charge is 0.366 e. The molecule has 3 amide bonds. The average molecular weight is 319 g/mol. The summed E-state index contributed by atoms with van der Waals surface area (Å²) in [5.74, 6) is -0.534. The van der Waals surface area contributed by atoms with Crippen molar-refractivity contribution in [3.8, 4) is 0 Å². The van der Waals surface area contributed by atoms with Crippen molar-refractivity contribution in [1.29, 1.82) is 0 Å². The molecular weight excluding hydrogens is 298 g/mol. The Hall–Kier alpha value is -2.61. The van der Waals surface area contributed by atoms with Crippen LogP contribution in [0.4, 0.5) is 4.79 Å². The second-order valence-corrected chi connectivity index (χ2v) is 4.84. The van der Waals surface area contributed by atoms with Crippen molar-refractivity contribution in [2.24, 2.45) is 5.73 Å². The Kier molecular flexibility index (Phi) is 5.17. The summed E-state index contributed by atoms with van der Waals surface area (Å²) in [7, 11) is 0. The van der Waals surface area contributed by atoms with E-state index in [1.807, 2.05) is 19.9 Å². The summed E-state index contributed by atoms with van der Waals surface area (Å²) >= 11 is 0. The van der Waals surface area contributed by atoms with E-state index < -0.39 is 5.91 Å². The van der Waals surface area contributed by atoms with Gasteiger partial charge in [0.1, 0.15) is 0 Å². The number of rotatable bonds is 5. The number of nitrogens with two attached hydrogens (primary N) is 1. The molecule has 2 aliphatic heterocycles. The molecule has 8 heteroatoms. The number of hydrogen-bond donors (Lipinski definition) is 1. The maximum Gasteiger partial charge on any atom is 0.345 e. The van der Waals surface area contributed by atoms with Gasteiger partial charge in [0.2, 0.25) is 0 Å². The lowest BCUT2D eigenvalue weighted by molar-refractivity contribution is -0.107. The van der Waals surface area contributed by atoms with Crippen LogP contribution in [0, 0.1) is 0 Å². The number of nitrogens with zero attached hydrogens (tertiary/aromatic N) is 4. The summed E-state index contributed by atoms with van der Waals surface area (Å²) in [5.41, 5.74) is 6.34. The third kappa shape index (κ3) is 3.26. The van der Waals surface area contributed by atoms with Crippen molar-refractivity contribution in [2.75, 3.05) is 19.7 Å². The molecule has 2 N–H and O–H groups in total. The summed E-state index contributed by atoms with van der Waals surface area (Å²) in [6.45, 7) is 8.81. The van der Waals surface area contributed by atoms with E-state index in [1.54, 1.807) is 21.9 Å². The molecule has 3 rings (SSSR count). The topological polar surface area (TPSA) is 93.7 Å². The van der Waals surface area contributed by atoms with E-state index in [0.29, 0.717) is 18.7 Å². The molecule has 1 fully saturated rings. The first-order valence-corrected chi connectivity index (χ1v) is 7.47. The minimum atomic E-state index is -0.534. The maximum atomic E-state index is 12.1. The highest BCUT2D eigenvalue weighted by Gasteiger charge is 2.41. The number of carbonyl (C=O) groups is 2. The van der Waals surface area contributed by atoms with Gasteiger partial charge in [-0.25, -0.2) is 9.48 Å². The van der Waals surface area contributed by atoms with Crippen LogP contribution >= 0.6 is 0 Å². The van der Waals surface area contributed by atoms with E-state index in [4.69, 9.17) is 10.6 Å². The van der Waals surface area contributed by atoms with E-state index >= 15 is 0 Å². The smallest absolute Gasteiger partial charge is 0.345 e. The van der Waals surface area contributed by atoms with Gasteiger partial charge in [-0.15, -0.1) is 6.58 Å². The minimum Gasteiger partial charge on any atom is -0.366 e. The summed E-state index contributed by atoms with van der Waals surface area (Å²) < 4.78 is 1.56. The molecule has 2 aliphatic rings. The Morgan fingerprint density at radius 2 is 2.30 bits per heavy atom. The van der Waals surface area contributed by atoms with Crippen LogP contribution in [0.3, 0.4) is 0 Å². The number of primary amides is 1. The van der Waals surface area contributed by atoms with Crippen LogP contribution in [-0.4, -0.2) is 57.4 Å². The van der Waals surface area contributed by atoms with Crippen molar-refractivity contribution in [3.05, 3.63) is 36.7 Å². The number of aromatic nitrogens is 2. The van der Waals surface area contributed by atoms with Crippen molar-refractivity contribution in [3.63, 3.8) is 0 Å². The van der Waals surface area contributed by atoms with Crippen LogP contribution in [0.15, 0.2) is 31.1 Å². The fourth-order valence-electron chi connectivity index (χ4n) is 2.42. The van der Waals surface area contributed by atoms with Crippen molar-refractivity contribution in [2.45, 2.75) is 19.9 Å². The van der Waals surface area contributed by atoms with Crippen LogP contribution in [0.5, 0.6) is 0 Å². The maximum absolute atomic E-state index is 12.1. The van der Waals surface area contributed by atoms with Crippen LogP contribution in [0.2, 0.25) is 0 Å². The first-order valence-electron chi connectivity index (χ1n) is 7.47. The third-order valence-corrected chi connectivity index (χ3v) is 3.40. The Balaban J connectivity index is 0.000000924. The second-order valence-electron chi connectivity index (χ2n) is 4.84. The Bertz CT molecular complexity index is 637. The van der Waals surface area contributed by atoms with Gasteiger partial charge in [0.05, 0.1) is 36.7 Å². The zero-order valence-corrected chi connectivity index (χ0v) is 13.3. The van der Waals surface area contributed by atoms with Gasteiger partial charge in [-0.05, 0) is 6.08 Å². The quantitative estimate of drug-likeness (QED) is 0.822. The first-order chi connectivity index (χ1) is 11.1. The van der Waals surface area contributed by atoms with Crippen LogP contribution in [-0.2, 0) is 4.84 Å². The zero-order chi connectivity index (χ0) is 17.0. The predicted molar refractivity (Wildman–Crippen MR) is 85.1 cm³/mol. The van der Waals surface area contributed by atoms with Gasteiger partial charge in [0, 0.05) is 12.7 Å². The number of amides is 3. The highest BCUT2D eigenvalue weighted by molar-refractivity contribution is 5.92. The van der Waals surface area contributed by atoms with Crippen molar-refractivity contribution < 1.29 is 14.4 Å². The molecule has 1 unspecified atom stereocenters. The van der Waals surface area contributed by atoms with Crippen LogP contribution in [0.1, 0.15) is 24.2 Å². The fraction of sp³-hybridized carbons (Fsp3) is 0.400. The highest BCUT2D eigenvalue weighted by atomic mass is 16.7. The first kappa shape index (κ1) is 16.8. The summed E-state index contributed by atoms with van der Waals surface area (Å²) in [5, 5.41) is 5.44. The van der Waals surface area contributed by atoms with E-state index in [2.05, 4.69) is 11.7 Å².